The van der Waals surface area contributed by atoms with Gasteiger partial charge in [-0.15, -0.1) is 0 Å². The molecule has 2 heterocycles. The van der Waals surface area contributed by atoms with Gasteiger partial charge in [-0.3, -0.25) is 4.90 Å². The summed E-state index contributed by atoms with van der Waals surface area (Å²) < 4.78 is 0. The van der Waals surface area contributed by atoms with Crippen LogP contribution in [-0.4, -0.2) is 29.5 Å². The second kappa shape index (κ2) is 6.31. The van der Waals surface area contributed by atoms with E-state index in [4.69, 9.17) is 11.6 Å². The van der Waals surface area contributed by atoms with Crippen LogP contribution in [0.25, 0.3) is 0 Å². The first kappa shape index (κ1) is 14.2. The van der Waals surface area contributed by atoms with Crippen LogP contribution in [-0.2, 0) is 6.54 Å². The third-order valence-electron chi connectivity index (χ3n) is 4.89. The van der Waals surface area contributed by atoms with E-state index in [9.17, 15) is 0 Å². The van der Waals surface area contributed by atoms with E-state index in [-0.39, 0.29) is 0 Å². The molecule has 4 heteroatoms. The quantitative estimate of drug-likeness (QED) is 0.911. The van der Waals surface area contributed by atoms with Crippen molar-refractivity contribution in [2.45, 2.75) is 51.1 Å². The largest absolute Gasteiger partial charge is 0.373 e. The lowest BCUT2D eigenvalue weighted by Gasteiger charge is -2.29. The minimum absolute atomic E-state index is 0.758. The van der Waals surface area contributed by atoms with E-state index >= 15 is 0 Å². The Labute approximate surface area is 126 Å². The molecule has 1 saturated heterocycles. The highest BCUT2D eigenvalue weighted by molar-refractivity contribution is 6.31. The van der Waals surface area contributed by atoms with Crippen molar-refractivity contribution in [1.29, 1.82) is 0 Å². The molecule has 20 heavy (non-hydrogen) atoms. The molecule has 1 atom stereocenters. The highest BCUT2D eigenvalue weighted by Crippen LogP contribution is 2.36. The molecule has 0 aromatic carbocycles. The van der Waals surface area contributed by atoms with Crippen molar-refractivity contribution in [1.82, 2.24) is 9.88 Å². The molecule has 2 aliphatic rings. The Morgan fingerprint density at radius 2 is 2.05 bits per heavy atom. The third kappa shape index (κ3) is 2.94. The Hall–Kier alpha value is -0.800. The number of likely N-dealkylation sites (tertiary alicyclic amines) is 1. The smallest absolute Gasteiger partial charge is 0.126 e. The van der Waals surface area contributed by atoms with Crippen LogP contribution in [0.3, 0.4) is 0 Å². The van der Waals surface area contributed by atoms with E-state index in [1.807, 2.05) is 19.2 Å². The van der Waals surface area contributed by atoms with Crippen LogP contribution in [0, 0.1) is 5.92 Å². The fourth-order valence-electron chi connectivity index (χ4n) is 3.85. The molecular weight excluding hydrogens is 270 g/mol. The van der Waals surface area contributed by atoms with E-state index in [1.165, 1.54) is 45.1 Å². The van der Waals surface area contributed by atoms with E-state index in [1.54, 1.807) is 0 Å². The predicted octanol–water partition coefficient (Wildman–Crippen LogP) is 3.93. The molecule has 1 aliphatic heterocycles. The second-order valence-electron chi connectivity index (χ2n) is 6.10. The number of pyridine rings is 1. The summed E-state index contributed by atoms with van der Waals surface area (Å²) in [5, 5.41) is 3.89. The summed E-state index contributed by atoms with van der Waals surface area (Å²) in [5.74, 6) is 1.81. The number of nitrogens with zero attached hydrogens (tertiary/aromatic N) is 2. The average Bonchev–Trinajstić information content (AvgIpc) is 3.11. The van der Waals surface area contributed by atoms with Gasteiger partial charge in [0.2, 0.25) is 0 Å². The summed E-state index contributed by atoms with van der Waals surface area (Å²) in [6, 6.07) is 4.65. The molecule has 3 nitrogen and oxygen atoms in total. The Balaban J connectivity index is 1.72. The Morgan fingerprint density at radius 1 is 1.25 bits per heavy atom. The second-order valence-corrected chi connectivity index (χ2v) is 6.51. The molecule has 1 N–H and O–H groups in total. The molecule has 3 rings (SSSR count). The Kier molecular flexibility index (Phi) is 4.47. The third-order valence-corrected chi connectivity index (χ3v) is 5.23. The van der Waals surface area contributed by atoms with Gasteiger partial charge in [-0.25, -0.2) is 4.98 Å². The molecule has 0 amide bonds. The summed E-state index contributed by atoms with van der Waals surface area (Å²) in [4.78, 5) is 7.25. The summed E-state index contributed by atoms with van der Waals surface area (Å²) in [7, 11) is 1.90. The van der Waals surface area contributed by atoms with Gasteiger partial charge in [-0.2, -0.15) is 0 Å². The molecular formula is C16H24ClN3. The van der Waals surface area contributed by atoms with Crippen molar-refractivity contribution in [2.75, 3.05) is 18.9 Å². The van der Waals surface area contributed by atoms with Gasteiger partial charge in [0.15, 0.2) is 0 Å². The lowest BCUT2D eigenvalue weighted by molar-refractivity contribution is 0.181. The maximum Gasteiger partial charge on any atom is 0.126 e. The first-order valence-corrected chi connectivity index (χ1v) is 8.23. The van der Waals surface area contributed by atoms with Crippen LogP contribution >= 0.6 is 11.6 Å². The number of aromatic nitrogens is 1. The SMILES string of the molecule is CNc1ccc(Cl)c(CN2CCCC2C2CCCC2)n1. The van der Waals surface area contributed by atoms with Crippen molar-refractivity contribution in [3.05, 3.63) is 22.8 Å². The monoisotopic (exact) mass is 293 g/mol. The molecule has 2 fully saturated rings. The number of rotatable bonds is 4. The Morgan fingerprint density at radius 3 is 2.80 bits per heavy atom. The van der Waals surface area contributed by atoms with E-state index in [0.29, 0.717) is 0 Å². The Bertz CT molecular complexity index is 457. The van der Waals surface area contributed by atoms with E-state index < -0.39 is 0 Å². The normalized spacial score (nSPS) is 24.4. The first-order valence-electron chi connectivity index (χ1n) is 7.85. The summed E-state index contributed by atoms with van der Waals surface area (Å²) in [6.07, 6.45) is 8.35. The van der Waals surface area contributed by atoms with Crippen molar-refractivity contribution in [2.24, 2.45) is 5.92 Å². The van der Waals surface area contributed by atoms with Crippen LogP contribution < -0.4 is 5.32 Å². The molecule has 1 saturated carbocycles. The highest BCUT2D eigenvalue weighted by atomic mass is 35.5. The topological polar surface area (TPSA) is 28.2 Å². The number of halogens is 1. The van der Waals surface area contributed by atoms with Gasteiger partial charge in [-0.1, -0.05) is 24.4 Å². The summed E-state index contributed by atoms with van der Waals surface area (Å²) in [5.41, 5.74) is 1.02. The maximum absolute atomic E-state index is 6.32. The molecule has 1 unspecified atom stereocenters. The van der Waals surface area contributed by atoms with Crippen LogP contribution in [0.2, 0.25) is 5.02 Å². The fraction of sp³-hybridized carbons (Fsp3) is 0.688. The van der Waals surface area contributed by atoms with Crippen LogP contribution in [0.4, 0.5) is 5.82 Å². The average molecular weight is 294 g/mol. The van der Waals surface area contributed by atoms with Gasteiger partial charge < -0.3 is 5.32 Å². The zero-order valence-corrected chi connectivity index (χ0v) is 13.0. The molecule has 0 bridgehead atoms. The van der Waals surface area contributed by atoms with Crippen molar-refractivity contribution in [3.63, 3.8) is 0 Å². The molecule has 0 spiro atoms. The van der Waals surface area contributed by atoms with Gasteiger partial charge in [0, 0.05) is 19.6 Å². The van der Waals surface area contributed by atoms with Crippen LogP contribution in [0.1, 0.15) is 44.2 Å². The predicted molar refractivity (Wildman–Crippen MR) is 84.2 cm³/mol. The van der Waals surface area contributed by atoms with Gasteiger partial charge in [-0.05, 0) is 50.3 Å². The van der Waals surface area contributed by atoms with E-state index in [2.05, 4.69) is 15.2 Å². The standard InChI is InChI=1S/C16H24ClN3/c1-18-16-9-8-13(17)14(19-16)11-20-10-4-7-15(20)12-5-2-3-6-12/h8-9,12,15H,2-7,10-11H2,1H3,(H,18,19). The number of hydrogen-bond donors (Lipinski definition) is 1. The molecule has 110 valence electrons. The van der Waals surface area contributed by atoms with Crippen molar-refractivity contribution < 1.29 is 0 Å². The summed E-state index contributed by atoms with van der Waals surface area (Å²) in [6.45, 7) is 2.10. The van der Waals surface area contributed by atoms with Gasteiger partial charge in [0.05, 0.1) is 10.7 Å². The summed E-state index contributed by atoms with van der Waals surface area (Å²) >= 11 is 6.32. The van der Waals surface area contributed by atoms with Gasteiger partial charge in [0.25, 0.3) is 0 Å². The zero-order chi connectivity index (χ0) is 13.9. The molecule has 1 aromatic rings. The number of hydrogen-bond acceptors (Lipinski definition) is 3. The number of anilines is 1. The number of nitrogens with one attached hydrogen (secondary N) is 1. The lowest BCUT2D eigenvalue weighted by atomic mass is 9.96. The molecule has 1 aliphatic carbocycles. The molecule has 0 radical (unpaired) electrons. The van der Waals surface area contributed by atoms with Crippen LogP contribution in [0.5, 0.6) is 0 Å². The van der Waals surface area contributed by atoms with Crippen molar-refractivity contribution in [3.8, 4) is 0 Å². The highest BCUT2D eigenvalue weighted by Gasteiger charge is 2.33. The van der Waals surface area contributed by atoms with Gasteiger partial charge in [0.1, 0.15) is 5.82 Å². The fourth-order valence-corrected chi connectivity index (χ4v) is 4.02. The lowest BCUT2D eigenvalue weighted by Crippen LogP contribution is -2.34. The first-order chi connectivity index (χ1) is 9.78. The maximum atomic E-state index is 6.32. The van der Waals surface area contributed by atoms with Crippen LogP contribution in [0.15, 0.2) is 12.1 Å². The van der Waals surface area contributed by atoms with Gasteiger partial charge >= 0.3 is 0 Å². The minimum atomic E-state index is 0.758. The molecule has 1 aromatic heterocycles. The minimum Gasteiger partial charge on any atom is -0.373 e. The van der Waals surface area contributed by atoms with E-state index in [0.717, 1.165) is 35.0 Å². The zero-order valence-electron chi connectivity index (χ0n) is 12.2. The van der Waals surface area contributed by atoms with Crippen molar-refractivity contribution >= 4 is 17.4 Å².